The summed E-state index contributed by atoms with van der Waals surface area (Å²) in [5.41, 5.74) is 2.22. The van der Waals surface area contributed by atoms with E-state index in [0.29, 0.717) is 6.10 Å². The molecule has 1 aliphatic heterocycles. The predicted molar refractivity (Wildman–Crippen MR) is 64.3 cm³/mol. The van der Waals surface area contributed by atoms with Crippen molar-refractivity contribution in [2.24, 2.45) is 0 Å². The van der Waals surface area contributed by atoms with Crippen molar-refractivity contribution in [3.63, 3.8) is 0 Å². The lowest BCUT2D eigenvalue weighted by Gasteiger charge is -2.15. The Kier molecular flexibility index (Phi) is 3.97. The summed E-state index contributed by atoms with van der Waals surface area (Å²) in [6.07, 6.45) is 4.13. The molecule has 0 amide bonds. The summed E-state index contributed by atoms with van der Waals surface area (Å²) >= 11 is 0. The largest absolute Gasteiger partial charge is 0.388 e. The first-order chi connectivity index (χ1) is 7.77. The highest BCUT2D eigenvalue weighted by atomic mass is 16.5. The zero-order valence-electron chi connectivity index (χ0n) is 9.86. The van der Waals surface area contributed by atoms with Crippen LogP contribution in [-0.4, -0.2) is 17.8 Å². The SMILES string of the molecule is Cc1ccccc1C(O)CCC1CCCO1. The van der Waals surface area contributed by atoms with Gasteiger partial charge < -0.3 is 9.84 Å². The third kappa shape index (κ3) is 2.83. The van der Waals surface area contributed by atoms with Crippen LogP contribution in [0.3, 0.4) is 0 Å². The molecular formula is C14H20O2. The summed E-state index contributed by atoms with van der Waals surface area (Å²) in [4.78, 5) is 0. The minimum absolute atomic E-state index is 0.342. The fraction of sp³-hybridized carbons (Fsp3) is 0.571. The van der Waals surface area contributed by atoms with E-state index < -0.39 is 0 Å². The molecule has 1 N–H and O–H groups in total. The Morgan fingerprint density at radius 3 is 2.94 bits per heavy atom. The molecule has 2 rings (SSSR count). The van der Waals surface area contributed by atoms with E-state index in [9.17, 15) is 5.11 Å². The second-order valence-electron chi connectivity index (χ2n) is 4.58. The molecule has 1 aromatic carbocycles. The Bertz CT molecular complexity index is 329. The van der Waals surface area contributed by atoms with Crippen LogP contribution in [0.5, 0.6) is 0 Å². The molecule has 0 bridgehead atoms. The first-order valence-corrected chi connectivity index (χ1v) is 6.12. The van der Waals surface area contributed by atoms with E-state index in [0.717, 1.165) is 31.4 Å². The van der Waals surface area contributed by atoms with Crippen molar-refractivity contribution in [1.29, 1.82) is 0 Å². The summed E-state index contributed by atoms with van der Waals surface area (Å²) in [6, 6.07) is 8.05. The minimum atomic E-state index is -0.342. The normalized spacial score (nSPS) is 22.2. The van der Waals surface area contributed by atoms with Gasteiger partial charge in [-0.15, -0.1) is 0 Å². The van der Waals surface area contributed by atoms with Crippen molar-refractivity contribution in [3.05, 3.63) is 35.4 Å². The standard InChI is InChI=1S/C14H20O2/c1-11-5-2-3-7-13(11)14(15)9-8-12-6-4-10-16-12/h2-3,5,7,12,14-15H,4,6,8-10H2,1H3. The number of benzene rings is 1. The third-order valence-corrected chi connectivity index (χ3v) is 3.33. The lowest BCUT2D eigenvalue weighted by atomic mass is 9.98. The van der Waals surface area contributed by atoms with Gasteiger partial charge in [-0.2, -0.15) is 0 Å². The maximum atomic E-state index is 10.1. The highest BCUT2D eigenvalue weighted by molar-refractivity contribution is 5.27. The maximum absolute atomic E-state index is 10.1. The monoisotopic (exact) mass is 220 g/mol. The van der Waals surface area contributed by atoms with Gasteiger partial charge in [0.2, 0.25) is 0 Å². The molecule has 0 aliphatic carbocycles. The number of rotatable bonds is 4. The van der Waals surface area contributed by atoms with Crippen molar-refractivity contribution in [3.8, 4) is 0 Å². The molecule has 88 valence electrons. The summed E-state index contributed by atoms with van der Waals surface area (Å²) in [7, 11) is 0. The molecule has 2 unspecified atom stereocenters. The Morgan fingerprint density at radius 2 is 2.25 bits per heavy atom. The highest BCUT2D eigenvalue weighted by Gasteiger charge is 2.18. The molecule has 2 nitrogen and oxygen atoms in total. The third-order valence-electron chi connectivity index (χ3n) is 3.33. The van der Waals surface area contributed by atoms with Crippen LogP contribution < -0.4 is 0 Å². The summed E-state index contributed by atoms with van der Waals surface area (Å²) in [5, 5.41) is 10.1. The molecule has 0 saturated carbocycles. The van der Waals surface area contributed by atoms with E-state index >= 15 is 0 Å². The average Bonchev–Trinajstić information content (AvgIpc) is 2.79. The van der Waals surface area contributed by atoms with Crippen LogP contribution in [0.1, 0.15) is 42.9 Å². The summed E-state index contributed by atoms with van der Waals surface area (Å²) in [6.45, 7) is 2.94. The highest BCUT2D eigenvalue weighted by Crippen LogP contribution is 2.25. The van der Waals surface area contributed by atoms with E-state index in [2.05, 4.69) is 0 Å². The molecule has 16 heavy (non-hydrogen) atoms. The molecule has 0 aromatic heterocycles. The predicted octanol–water partition coefficient (Wildman–Crippen LogP) is 2.99. The van der Waals surface area contributed by atoms with Gasteiger partial charge >= 0.3 is 0 Å². The lowest BCUT2D eigenvalue weighted by molar-refractivity contribution is 0.0811. The van der Waals surface area contributed by atoms with E-state index in [1.807, 2.05) is 31.2 Å². The number of hydrogen-bond acceptors (Lipinski definition) is 2. The molecule has 1 fully saturated rings. The second kappa shape index (κ2) is 5.46. The van der Waals surface area contributed by atoms with Crippen molar-refractivity contribution in [2.45, 2.75) is 44.8 Å². The van der Waals surface area contributed by atoms with Crippen LogP contribution in [0.25, 0.3) is 0 Å². The molecule has 0 radical (unpaired) electrons. The number of aryl methyl sites for hydroxylation is 1. The molecular weight excluding hydrogens is 200 g/mol. The van der Waals surface area contributed by atoms with Crippen molar-refractivity contribution < 1.29 is 9.84 Å². The Morgan fingerprint density at radius 1 is 1.44 bits per heavy atom. The van der Waals surface area contributed by atoms with Crippen LogP contribution in [0.2, 0.25) is 0 Å². The van der Waals surface area contributed by atoms with Gasteiger partial charge in [0.1, 0.15) is 0 Å². The van der Waals surface area contributed by atoms with Crippen LogP contribution in [0.15, 0.2) is 24.3 Å². The smallest absolute Gasteiger partial charge is 0.0793 e. The van der Waals surface area contributed by atoms with Gasteiger partial charge in [-0.05, 0) is 43.7 Å². The van der Waals surface area contributed by atoms with E-state index in [1.165, 1.54) is 12.0 Å². The molecule has 1 aromatic rings. The minimum Gasteiger partial charge on any atom is -0.388 e. The summed E-state index contributed by atoms with van der Waals surface area (Å²) < 4.78 is 5.56. The fourth-order valence-corrected chi connectivity index (χ4v) is 2.33. The average molecular weight is 220 g/mol. The van der Waals surface area contributed by atoms with Gasteiger partial charge in [-0.3, -0.25) is 0 Å². The van der Waals surface area contributed by atoms with Gasteiger partial charge in [0.05, 0.1) is 12.2 Å². The van der Waals surface area contributed by atoms with Crippen LogP contribution >= 0.6 is 0 Å². The molecule has 2 heteroatoms. The lowest BCUT2D eigenvalue weighted by Crippen LogP contribution is -2.08. The Labute approximate surface area is 97.3 Å². The van der Waals surface area contributed by atoms with Gasteiger partial charge in [0, 0.05) is 6.61 Å². The van der Waals surface area contributed by atoms with Gasteiger partial charge in [0.25, 0.3) is 0 Å². The van der Waals surface area contributed by atoms with Crippen LogP contribution in [0, 0.1) is 6.92 Å². The first kappa shape index (κ1) is 11.6. The number of aliphatic hydroxyl groups excluding tert-OH is 1. The zero-order valence-corrected chi connectivity index (χ0v) is 9.86. The zero-order chi connectivity index (χ0) is 11.4. The van der Waals surface area contributed by atoms with E-state index in [4.69, 9.17) is 4.74 Å². The van der Waals surface area contributed by atoms with Gasteiger partial charge in [0.15, 0.2) is 0 Å². The Balaban J connectivity index is 1.87. The van der Waals surface area contributed by atoms with Crippen LogP contribution in [0.4, 0.5) is 0 Å². The molecule has 1 aliphatic rings. The van der Waals surface area contributed by atoms with Crippen molar-refractivity contribution >= 4 is 0 Å². The second-order valence-corrected chi connectivity index (χ2v) is 4.58. The van der Waals surface area contributed by atoms with Gasteiger partial charge in [-0.1, -0.05) is 24.3 Å². The molecule has 0 spiro atoms. The maximum Gasteiger partial charge on any atom is 0.0793 e. The van der Waals surface area contributed by atoms with Crippen molar-refractivity contribution in [2.75, 3.05) is 6.61 Å². The van der Waals surface area contributed by atoms with Gasteiger partial charge in [-0.25, -0.2) is 0 Å². The topological polar surface area (TPSA) is 29.5 Å². The Hall–Kier alpha value is -0.860. The van der Waals surface area contributed by atoms with E-state index in [1.54, 1.807) is 0 Å². The molecule has 1 heterocycles. The molecule has 2 atom stereocenters. The van der Waals surface area contributed by atoms with E-state index in [-0.39, 0.29) is 6.10 Å². The molecule has 1 saturated heterocycles. The number of hydrogen-bond donors (Lipinski definition) is 1. The van der Waals surface area contributed by atoms with Crippen LogP contribution in [-0.2, 0) is 4.74 Å². The first-order valence-electron chi connectivity index (χ1n) is 6.12. The summed E-state index contributed by atoms with van der Waals surface area (Å²) in [5.74, 6) is 0. The fourth-order valence-electron chi connectivity index (χ4n) is 2.33. The quantitative estimate of drug-likeness (QED) is 0.845. The number of ether oxygens (including phenoxy) is 1. The van der Waals surface area contributed by atoms with Crippen molar-refractivity contribution in [1.82, 2.24) is 0 Å². The number of aliphatic hydroxyl groups is 1.